The van der Waals surface area contributed by atoms with E-state index in [4.69, 9.17) is 5.26 Å². The fraction of sp³-hybridized carbons (Fsp3) is 0. The average Bonchev–Trinajstić information content (AvgIpc) is 2.67. The van der Waals surface area contributed by atoms with Crippen molar-refractivity contribution < 1.29 is 0 Å². The van der Waals surface area contributed by atoms with Gasteiger partial charge in [-0.2, -0.15) is 5.26 Å². The number of nitrogens with zero attached hydrogens (tertiary/aromatic N) is 4. The Balaban J connectivity index is 2.64. The second-order valence-corrected chi connectivity index (χ2v) is 3.10. The van der Waals surface area contributed by atoms with Crippen LogP contribution in [-0.2, 0) is 0 Å². The second-order valence-electron chi connectivity index (χ2n) is 3.10. The zero-order valence-electron chi connectivity index (χ0n) is 7.60. The van der Waals surface area contributed by atoms with Crippen LogP contribution >= 0.6 is 0 Å². The Labute approximate surface area is 84.4 Å². The Bertz CT molecular complexity index is 692. The number of H-pyrrole nitrogens is 1. The van der Waals surface area contributed by atoms with Crippen molar-refractivity contribution in [2.45, 2.75) is 0 Å². The minimum Gasteiger partial charge on any atom is -0.337 e. The zero-order chi connectivity index (χ0) is 10.3. The maximum atomic E-state index is 8.98. The molecule has 0 spiro atoms. The van der Waals surface area contributed by atoms with Crippen LogP contribution in [0.3, 0.4) is 0 Å². The van der Waals surface area contributed by atoms with Crippen molar-refractivity contribution in [2.24, 2.45) is 0 Å². The number of rotatable bonds is 0. The number of hydrogen-bond acceptors (Lipinski definition) is 4. The minimum atomic E-state index is 0.574. The van der Waals surface area contributed by atoms with Crippen LogP contribution in [0.1, 0.15) is 5.56 Å². The number of fused-ring (bicyclic) bond motifs is 3. The highest BCUT2D eigenvalue weighted by Crippen LogP contribution is 2.23. The third-order valence-electron chi connectivity index (χ3n) is 2.27. The van der Waals surface area contributed by atoms with E-state index in [-0.39, 0.29) is 0 Å². The molecular weight excluding hydrogens is 190 g/mol. The molecule has 0 aliphatic rings. The van der Waals surface area contributed by atoms with Gasteiger partial charge in [0.2, 0.25) is 0 Å². The van der Waals surface area contributed by atoms with Gasteiger partial charge in [0, 0.05) is 6.20 Å². The lowest BCUT2D eigenvalue weighted by atomic mass is 10.2. The highest BCUT2D eigenvalue weighted by molar-refractivity contribution is 6.05. The lowest BCUT2D eigenvalue weighted by Crippen LogP contribution is -1.81. The second kappa shape index (κ2) is 2.75. The van der Waals surface area contributed by atoms with Gasteiger partial charge >= 0.3 is 0 Å². The van der Waals surface area contributed by atoms with Crippen LogP contribution in [0.4, 0.5) is 0 Å². The van der Waals surface area contributed by atoms with E-state index in [1.54, 1.807) is 18.5 Å². The molecule has 3 rings (SSSR count). The van der Waals surface area contributed by atoms with E-state index >= 15 is 0 Å². The first-order valence-electron chi connectivity index (χ1n) is 4.36. The highest BCUT2D eigenvalue weighted by Gasteiger charge is 2.09. The predicted octanol–water partition coefficient (Wildman–Crippen LogP) is 1.38. The smallest absolute Gasteiger partial charge is 0.141 e. The molecule has 0 atom stereocenters. The van der Waals surface area contributed by atoms with Crippen molar-refractivity contribution in [1.82, 2.24) is 19.9 Å². The lowest BCUT2D eigenvalue weighted by Gasteiger charge is -1.91. The minimum absolute atomic E-state index is 0.574. The van der Waals surface area contributed by atoms with Gasteiger partial charge < -0.3 is 4.98 Å². The van der Waals surface area contributed by atoms with Gasteiger partial charge in [-0.1, -0.05) is 0 Å². The summed E-state index contributed by atoms with van der Waals surface area (Å²) in [4.78, 5) is 15.3. The fourth-order valence-corrected chi connectivity index (χ4v) is 1.64. The Morgan fingerprint density at radius 2 is 2.27 bits per heavy atom. The third kappa shape index (κ3) is 0.987. The molecule has 5 heteroatoms. The molecule has 0 fully saturated rings. The Hall–Kier alpha value is -2.48. The van der Waals surface area contributed by atoms with Crippen LogP contribution in [0.25, 0.3) is 22.1 Å². The molecule has 0 saturated carbocycles. The predicted molar refractivity (Wildman–Crippen MR) is 53.9 cm³/mol. The van der Waals surface area contributed by atoms with Crippen molar-refractivity contribution in [3.8, 4) is 6.07 Å². The summed E-state index contributed by atoms with van der Waals surface area (Å²) in [5.74, 6) is 0. The van der Waals surface area contributed by atoms with E-state index in [1.165, 1.54) is 6.33 Å². The maximum absolute atomic E-state index is 8.98. The number of nitriles is 1. The summed E-state index contributed by atoms with van der Waals surface area (Å²) in [7, 11) is 0. The van der Waals surface area contributed by atoms with Crippen molar-refractivity contribution in [3.05, 3.63) is 30.4 Å². The average molecular weight is 195 g/mol. The van der Waals surface area contributed by atoms with Gasteiger partial charge in [0.25, 0.3) is 0 Å². The standard InChI is InChI=1S/C10H5N5/c11-3-6-1-2-13-10-8(6)9-7(15-10)4-12-5-14-9/h1-2,4-5H,(H,13,15). The summed E-state index contributed by atoms with van der Waals surface area (Å²) in [6.07, 6.45) is 4.73. The van der Waals surface area contributed by atoms with Crippen LogP contribution in [-0.4, -0.2) is 19.9 Å². The summed E-state index contributed by atoms with van der Waals surface area (Å²) in [6, 6.07) is 3.81. The molecule has 0 saturated heterocycles. The summed E-state index contributed by atoms with van der Waals surface area (Å²) >= 11 is 0. The van der Waals surface area contributed by atoms with Crippen molar-refractivity contribution >= 4 is 22.1 Å². The first kappa shape index (κ1) is 7.88. The zero-order valence-corrected chi connectivity index (χ0v) is 7.60. The molecule has 3 heterocycles. The molecule has 0 amide bonds. The lowest BCUT2D eigenvalue weighted by molar-refractivity contribution is 1.22. The Morgan fingerprint density at radius 3 is 3.13 bits per heavy atom. The fourth-order valence-electron chi connectivity index (χ4n) is 1.64. The molecule has 0 bridgehead atoms. The van der Waals surface area contributed by atoms with Crippen LogP contribution in [0, 0.1) is 11.3 Å². The first-order chi connectivity index (χ1) is 7.40. The van der Waals surface area contributed by atoms with E-state index in [9.17, 15) is 0 Å². The van der Waals surface area contributed by atoms with Crippen molar-refractivity contribution in [2.75, 3.05) is 0 Å². The van der Waals surface area contributed by atoms with Crippen LogP contribution < -0.4 is 0 Å². The Morgan fingerprint density at radius 1 is 1.33 bits per heavy atom. The van der Waals surface area contributed by atoms with Gasteiger partial charge in [-0.3, -0.25) is 0 Å². The molecule has 0 aliphatic carbocycles. The van der Waals surface area contributed by atoms with Gasteiger partial charge in [-0.05, 0) is 6.07 Å². The Kier molecular flexibility index (Phi) is 1.45. The number of nitrogens with one attached hydrogen (secondary N) is 1. The molecule has 0 aliphatic heterocycles. The summed E-state index contributed by atoms with van der Waals surface area (Å²) in [5, 5.41) is 9.74. The van der Waals surface area contributed by atoms with Crippen molar-refractivity contribution in [3.63, 3.8) is 0 Å². The first-order valence-corrected chi connectivity index (χ1v) is 4.36. The maximum Gasteiger partial charge on any atom is 0.141 e. The number of hydrogen-bond donors (Lipinski definition) is 1. The highest BCUT2D eigenvalue weighted by atomic mass is 14.9. The molecule has 0 radical (unpaired) electrons. The molecule has 70 valence electrons. The van der Waals surface area contributed by atoms with Crippen molar-refractivity contribution in [1.29, 1.82) is 5.26 Å². The molecule has 3 aromatic rings. The van der Waals surface area contributed by atoms with E-state index in [0.29, 0.717) is 11.2 Å². The summed E-state index contributed by atoms with van der Waals surface area (Å²) in [6.45, 7) is 0. The number of pyridine rings is 1. The van der Waals surface area contributed by atoms with E-state index < -0.39 is 0 Å². The van der Waals surface area contributed by atoms with E-state index in [1.807, 2.05) is 0 Å². The topological polar surface area (TPSA) is 78.2 Å². The number of aromatic nitrogens is 4. The van der Waals surface area contributed by atoms with Crippen LogP contribution in [0.2, 0.25) is 0 Å². The molecule has 0 unspecified atom stereocenters. The van der Waals surface area contributed by atoms with Gasteiger partial charge in [0.15, 0.2) is 0 Å². The van der Waals surface area contributed by atoms with E-state index in [0.717, 1.165) is 16.4 Å². The summed E-state index contributed by atoms with van der Waals surface area (Å²) < 4.78 is 0. The van der Waals surface area contributed by atoms with Crippen LogP contribution in [0.15, 0.2) is 24.8 Å². The van der Waals surface area contributed by atoms with Crippen LogP contribution in [0.5, 0.6) is 0 Å². The normalized spacial score (nSPS) is 10.6. The SMILES string of the molecule is N#Cc1ccnc2[nH]c3cncnc3c12. The number of aromatic amines is 1. The molecule has 15 heavy (non-hydrogen) atoms. The molecule has 0 aromatic carbocycles. The third-order valence-corrected chi connectivity index (χ3v) is 2.27. The largest absolute Gasteiger partial charge is 0.337 e. The molecule has 5 nitrogen and oxygen atoms in total. The molecule has 3 aromatic heterocycles. The summed E-state index contributed by atoms with van der Waals surface area (Å²) in [5.41, 5.74) is 2.78. The van der Waals surface area contributed by atoms with Gasteiger partial charge in [-0.25, -0.2) is 15.0 Å². The van der Waals surface area contributed by atoms with Gasteiger partial charge in [0.05, 0.1) is 22.7 Å². The van der Waals surface area contributed by atoms with E-state index in [2.05, 4.69) is 26.0 Å². The molecule has 1 N–H and O–H groups in total. The van der Waals surface area contributed by atoms with Gasteiger partial charge in [-0.15, -0.1) is 0 Å². The van der Waals surface area contributed by atoms with Gasteiger partial charge in [0.1, 0.15) is 23.6 Å². The molecular formula is C10H5N5. The monoisotopic (exact) mass is 195 g/mol. The quantitative estimate of drug-likeness (QED) is 0.587.